The molecule has 3 unspecified atom stereocenters. The average Bonchev–Trinajstić information content (AvgIpc) is 3.04. The van der Waals surface area contributed by atoms with E-state index in [1.807, 2.05) is 7.11 Å². The Morgan fingerprint density at radius 3 is 2.76 bits per heavy atom. The van der Waals surface area contributed by atoms with Crippen molar-refractivity contribution in [1.82, 2.24) is 5.32 Å². The van der Waals surface area contributed by atoms with Crippen LogP contribution in [0.1, 0.15) is 50.7 Å². The van der Waals surface area contributed by atoms with Gasteiger partial charge in [-0.1, -0.05) is 37.3 Å². The van der Waals surface area contributed by atoms with Crippen LogP contribution in [0, 0.1) is 0 Å². The highest BCUT2D eigenvalue weighted by Gasteiger charge is 2.24. The first-order valence-corrected chi connectivity index (χ1v) is 8.28. The molecule has 2 rings (SSSR count). The standard InChI is InChI=1S/C18H29NO2/c1-3-13-19-17(12-11-16-10-7-14-21-16)18(20-2)15-8-5-4-6-9-15/h4-6,8-9,16-19H,3,7,10-14H2,1-2H3. The number of benzene rings is 1. The van der Waals surface area contributed by atoms with E-state index >= 15 is 0 Å². The number of hydrogen-bond donors (Lipinski definition) is 1. The van der Waals surface area contributed by atoms with Crippen LogP contribution in [0.4, 0.5) is 0 Å². The van der Waals surface area contributed by atoms with E-state index in [2.05, 4.69) is 42.6 Å². The largest absolute Gasteiger partial charge is 0.378 e. The molecular weight excluding hydrogens is 262 g/mol. The minimum absolute atomic E-state index is 0.110. The second-order valence-electron chi connectivity index (χ2n) is 5.84. The summed E-state index contributed by atoms with van der Waals surface area (Å²) in [6, 6.07) is 10.9. The van der Waals surface area contributed by atoms with E-state index in [-0.39, 0.29) is 6.10 Å². The molecule has 1 aliphatic rings. The lowest BCUT2D eigenvalue weighted by Crippen LogP contribution is -2.37. The SMILES string of the molecule is CCCNC(CCC1CCCO1)C(OC)c1ccccc1. The zero-order valence-corrected chi connectivity index (χ0v) is 13.4. The molecule has 0 bridgehead atoms. The second-order valence-corrected chi connectivity index (χ2v) is 5.84. The Labute approximate surface area is 129 Å². The van der Waals surface area contributed by atoms with Gasteiger partial charge in [-0.25, -0.2) is 0 Å². The number of nitrogens with one attached hydrogen (secondary N) is 1. The van der Waals surface area contributed by atoms with Crippen LogP contribution in [0.25, 0.3) is 0 Å². The molecule has 0 spiro atoms. The van der Waals surface area contributed by atoms with Crippen molar-refractivity contribution in [3.05, 3.63) is 35.9 Å². The highest BCUT2D eigenvalue weighted by atomic mass is 16.5. The Kier molecular flexibility index (Phi) is 7.20. The van der Waals surface area contributed by atoms with Crippen molar-refractivity contribution < 1.29 is 9.47 Å². The summed E-state index contributed by atoms with van der Waals surface area (Å²) in [6.45, 7) is 4.17. The lowest BCUT2D eigenvalue weighted by atomic mass is 9.96. The third-order valence-corrected chi connectivity index (χ3v) is 4.23. The molecule has 1 N–H and O–H groups in total. The van der Waals surface area contributed by atoms with Crippen LogP contribution in [-0.2, 0) is 9.47 Å². The first kappa shape index (κ1) is 16.5. The van der Waals surface area contributed by atoms with Gasteiger partial charge in [0.05, 0.1) is 12.2 Å². The van der Waals surface area contributed by atoms with Crippen LogP contribution in [-0.4, -0.2) is 32.4 Å². The molecule has 118 valence electrons. The topological polar surface area (TPSA) is 30.5 Å². The fourth-order valence-electron chi connectivity index (χ4n) is 3.10. The zero-order chi connectivity index (χ0) is 14.9. The molecule has 1 aliphatic heterocycles. The molecule has 1 aromatic carbocycles. The summed E-state index contributed by atoms with van der Waals surface area (Å²) in [5.74, 6) is 0. The van der Waals surface area contributed by atoms with Crippen LogP contribution >= 0.6 is 0 Å². The van der Waals surface area contributed by atoms with Gasteiger partial charge in [-0.05, 0) is 44.2 Å². The van der Waals surface area contributed by atoms with Gasteiger partial charge in [-0.15, -0.1) is 0 Å². The second kappa shape index (κ2) is 9.19. The maximum Gasteiger partial charge on any atom is 0.0974 e. The monoisotopic (exact) mass is 291 g/mol. The summed E-state index contributed by atoms with van der Waals surface area (Å²) in [5.41, 5.74) is 1.25. The molecule has 1 heterocycles. The first-order chi connectivity index (χ1) is 10.3. The highest BCUT2D eigenvalue weighted by Crippen LogP contribution is 2.26. The van der Waals surface area contributed by atoms with E-state index in [9.17, 15) is 0 Å². The predicted octanol–water partition coefficient (Wildman–Crippen LogP) is 3.70. The number of hydrogen-bond acceptors (Lipinski definition) is 3. The van der Waals surface area contributed by atoms with E-state index < -0.39 is 0 Å². The highest BCUT2D eigenvalue weighted by molar-refractivity contribution is 5.19. The summed E-state index contributed by atoms with van der Waals surface area (Å²) in [4.78, 5) is 0. The van der Waals surface area contributed by atoms with Crippen molar-refractivity contribution in [3.63, 3.8) is 0 Å². The van der Waals surface area contributed by atoms with Crippen LogP contribution in [0.3, 0.4) is 0 Å². The maximum absolute atomic E-state index is 5.81. The predicted molar refractivity (Wildman–Crippen MR) is 86.5 cm³/mol. The summed E-state index contributed by atoms with van der Waals surface area (Å²) >= 11 is 0. The molecule has 3 heteroatoms. The van der Waals surface area contributed by atoms with E-state index in [1.54, 1.807) is 0 Å². The van der Waals surface area contributed by atoms with Crippen molar-refractivity contribution >= 4 is 0 Å². The van der Waals surface area contributed by atoms with Gasteiger partial charge in [0.15, 0.2) is 0 Å². The summed E-state index contributed by atoms with van der Waals surface area (Å²) in [7, 11) is 1.81. The fourth-order valence-corrected chi connectivity index (χ4v) is 3.10. The Hall–Kier alpha value is -0.900. The van der Waals surface area contributed by atoms with Gasteiger partial charge in [0.2, 0.25) is 0 Å². The lowest BCUT2D eigenvalue weighted by molar-refractivity contribution is 0.0518. The Bertz CT molecular complexity index is 376. The van der Waals surface area contributed by atoms with Gasteiger partial charge in [0, 0.05) is 19.8 Å². The molecule has 0 aromatic heterocycles. The van der Waals surface area contributed by atoms with Crippen LogP contribution in [0.2, 0.25) is 0 Å². The summed E-state index contributed by atoms with van der Waals surface area (Å²) in [5, 5.41) is 3.66. The molecule has 0 saturated carbocycles. The molecule has 3 nitrogen and oxygen atoms in total. The van der Waals surface area contributed by atoms with E-state index in [0.29, 0.717) is 12.1 Å². The third kappa shape index (κ3) is 5.10. The molecule has 1 aromatic rings. The van der Waals surface area contributed by atoms with Crippen LogP contribution in [0.15, 0.2) is 30.3 Å². The van der Waals surface area contributed by atoms with Crippen LogP contribution < -0.4 is 5.32 Å². The van der Waals surface area contributed by atoms with Crippen molar-refractivity contribution in [2.75, 3.05) is 20.3 Å². The molecule has 1 fully saturated rings. The molecule has 0 amide bonds. The molecule has 3 atom stereocenters. The average molecular weight is 291 g/mol. The van der Waals surface area contributed by atoms with Crippen molar-refractivity contribution in [2.24, 2.45) is 0 Å². The Balaban J connectivity index is 1.97. The number of rotatable bonds is 9. The quantitative estimate of drug-likeness (QED) is 0.752. The Morgan fingerprint density at radius 2 is 2.14 bits per heavy atom. The van der Waals surface area contributed by atoms with E-state index in [4.69, 9.17) is 9.47 Å². The summed E-state index contributed by atoms with van der Waals surface area (Å²) < 4.78 is 11.6. The van der Waals surface area contributed by atoms with Crippen molar-refractivity contribution in [2.45, 2.75) is 57.3 Å². The van der Waals surface area contributed by atoms with E-state index in [1.165, 1.54) is 18.4 Å². The molecule has 0 radical (unpaired) electrons. The normalized spacial score (nSPS) is 21.3. The number of ether oxygens (including phenoxy) is 2. The maximum atomic E-state index is 5.81. The van der Waals surface area contributed by atoms with Gasteiger partial charge in [0.25, 0.3) is 0 Å². The van der Waals surface area contributed by atoms with Crippen molar-refractivity contribution in [3.8, 4) is 0 Å². The minimum Gasteiger partial charge on any atom is -0.378 e. The smallest absolute Gasteiger partial charge is 0.0974 e. The minimum atomic E-state index is 0.110. The summed E-state index contributed by atoms with van der Waals surface area (Å²) in [6.07, 6.45) is 6.34. The van der Waals surface area contributed by atoms with Gasteiger partial charge in [0.1, 0.15) is 0 Å². The third-order valence-electron chi connectivity index (χ3n) is 4.23. The van der Waals surface area contributed by atoms with Crippen molar-refractivity contribution in [1.29, 1.82) is 0 Å². The van der Waals surface area contributed by atoms with Crippen LogP contribution in [0.5, 0.6) is 0 Å². The van der Waals surface area contributed by atoms with Gasteiger partial charge < -0.3 is 14.8 Å². The molecule has 0 aliphatic carbocycles. The molecular formula is C18H29NO2. The van der Waals surface area contributed by atoms with Gasteiger partial charge in [-0.3, -0.25) is 0 Å². The lowest BCUT2D eigenvalue weighted by Gasteiger charge is -2.28. The number of methoxy groups -OCH3 is 1. The van der Waals surface area contributed by atoms with Gasteiger partial charge >= 0.3 is 0 Å². The van der Waals surface area contributed by atoms with E-state index in [0.717, 1.165) is 32.4 Å². The first-order valence-electron chi connectivity index (χ1n) is 8.28. The molecule has 21 heavy (non-hydrogen) atoms. The Morgan fingerprint density at radius 1 is 1.33 bits per heavy atom. The molecule has 1 saturated heterocycles. The fraction of sp³-hybridized carbons (Fsp3) is 0.667. The zero-order valence-electron chi connectivity index (χ0n) is 13.4. The van der Waals surface area contributed by atoms with Gasteiger partial charge in [-0.2, -0.15) is 0 Å².